The van der Waals surface area contributed by atoms with Crippen LogP contribution in [0.4, 0.5) is 0 Å². The van der Waals surface area contributed by atoms with Crippen molar-refractivity contribution in [3.8, 4) is 6.07 Å². The molecule has 25 heavy (non-hydrogen) atoms. The molecule has 1 amide bonds. The first kappa shape index (κ1) is 17.1. The van der Waals surface area contributed by atoms with Crippen molar-refractivity contribution in [1.29, 1.82) is 5.26 Å². The molecule has 0 radical (unpaired) electrons. The summed E-state index contributed by atoms with van der Waals surface area (Å²) in [6.45, 7) is 1.36. The van der Waals surface area contributed by atoms with Gasteiger partial charge in [-0.15, -0.1) is 0 Å². The average molecular weight is 357 g/mol. The Hall–Kier alpha value is -2.78. The van der Waals surface area contributed by atoms with Crippen LogP contribution in [0.25, 0.3) is 0 Å². The fourth-order valence-electron chi connectivity index (χ4n) is 3.36. The number of rotatable bonds is 2. The molecule has 1 aliphatic heterocycles. The van der Waals surface area contributed by atoms with E-state index in [0.29, 0.717) is 35.6 Å². The number of nitriles is 1. The zero-order valence-corrected chi connectivity index (χ0v) is 14.4. The molecule has 7 heteroatoms. The number of nitrogens with one attached hydrogen (secondary N) is 1. The molecular formula is C18H17ClN4O2. The van der Waals surface area contributed by atoms with Crippen molar-refractivity contribution >= 4 is 23.3 Å². The van der Waals surface area contributed by atoms with Gasteiger partial charge < -0.3 is 5.73 Å². The smallest absolute Gasteiger partial charge is 0.235 e. The molecule has 0 bridgehead atoms. The summed E-state index contributed by atoms with van der Waals surface area (Å²) in [7, 11) is 0. The molecule has 1 atom stereocenters. The zero-order valence-electron chi connectivity index (χ0n) is 13.7. The van der Waals surface area contributed by atoms with Gasteiger partial charge in [0.2, 0.25) is 5.91 Å². The van der Waals surface area contributed by atoms with Gasteiger partial charge >= 0.3 is 0 Å². The van der Waals surface area contributed by atoms with Crippen LogP contribution in [0.2, 0.25) is 5.02 Å². The lowest BCUT2D eigenvalue weighted by molar-refractivity contribution is -0.123. The van der Waals surface area contributed by atoms with Crippen molar-refractivity contribution in [3.63, 3.8) is 0 Å². The van der Waals surface area contributed by atoms with E-state index >= 15 is 0 Å². The normalized spacial score (nSPS) is 20.3. The summed E-state index contributed by atoms with van der Waals surface area (Å²) in [6, 6.07) is 9.13. The van der Waals surface area contributed by atoms with Gasteiger partial charge in [0.15, 0.2) is 5.78 Å². The molecule has 0 aromatic heterocycles. The van der Waals surface area contributed by atoms with Crippen LogP contribution in [0.3, 0.4) is 0 Å². The summed E-state index contributed by atoms with van der Waals surface area (Å²) < 4.78 is 0. The van der Waals surface area contributed by atoms with Gasteiger partial charge in [-0.05, 0) is 30.5 Å². The van der Waals surface area contributed by atoms with Gasteiger partial charge in [-0.1, -0.05) is 23.7 Å². The number of carbonyl (C=O) groups excluding carboxylic acids is 2. The van der Waals surface area contributed by atoms with E-state index in [-0.39, 0.29) is 23.1 Å². The summed E-state index contributed by atoms with van der Waals surface area (Å²) >= 11 is 5.96. The van der Waals surface area contributed by atoms with Crippen molar-refractivity contribution in [1.82, 2.24) is 10.4 Å². The van der Waals surface area contributed by atoms with Crippen molar-refractivity contribution < 1.29 is 9.59 Å². The first-order valence-electron chi connectivity index (χ1n) is 7.92. The van der Waals surface area contributed by atoms with E-state index in [1.165, 1.54) is 11.9 Å². The summed E-state index contributed by atoms with van der Waals surface area (Å²) in [5.74, 6) is -0.756. The van der Waals surface area contributed by atoms with E-state index in [1.54, 1.807) is 24.3 Å². The van der Waals surface area contributed by atoms with E-state index in [0.717, 1.165) is 5.56 Å². The van der Waals surface area contributed by atoms with Crippen LogP contribution >= 0.6 is 11.6 Å². The Labute approximate surface area is 150 Å². The molecule has 1 heterocycles. The first-order chi connectivity index (χ1) is 11.9. The van der Waals surface area contributed by atoms with Crippen LogP contribution in [-0.2, 0) is 9.59 Å². The molecule has 0 fully saturated rings. The fraction of sp³-hybridized carbons (Fsp3) is 0.278. The Balaban J connectivity index is 2.21. The average Bonchev–Trinajstić information content (AvgIpc) is 2.58. The number of nitrogens with zero attached hydrogens (tertiary/aromatic N) is 2. The van der Waals surface area contributed by atoms with Crippen LogP contribution in [-0.4, -0.2) is 16.7 Å². The highest BCUT2D eigenvalue weighted by Gasteiger charge is 2.40. The lowest BCUT2D eigenvalue weighted by Crippen LogP contribution is -2.47. The van der Waals surface area contributed by atoms with E-state index in [1.807, 2.05) is 0 Å². The number of hydrogen-bond donors (Lipinski definition) is 2. The van der Waals surface area contributed by atoms with Crippen LogP contribution in [0, 0.1) is 11.3 Å². The van der Waals surface area contributed by atoms with Crippen LogP contribution in [0.1, 0.15) is 37.7 Å². The fourth-order valence-corrected chi connectivity index (χ4v) is 3.49. The van der Waals surface area contributed by atoms with Crippen molar-refractivity contribution in [2.75, 3.05) is 0 Å². The highest BCUT2D eigenvalue weighted by atomic mass is 35.5. The lowest BCUT2D eigenvalue weighted by Gasteiger charge is -2.39. The molecule has 1 aromatic carbocycles. The molecule has 1 aromatic rings. The van der Waals surface area contributed by atoms with E-state index in [2.05, 4.69) is 11.5 Å². The maximum Gasteiger partial charge on any atom is 0.235 e. The van der Waals surface area contributed by atoms with Gasteiger partial charge in [0, 0.05) is 29.6 Å². The Morgan fingerprint density at radius 3 is 2.64 bits per heavy atom. The number of nitrogens with two attached hydrogens (primary N) is 1. The second-order valence-corrected chi connectivity index (χ2v) is 6.47. The van der Waals surface area contributed by atoms with Crippen LogP contribution in [0.5, 0.6) is 0 Å². The summed E-state index contributed by atoms with van der Waals surface area (Å²) in [4.78, 5) is 24.2. The Morgan fingerprint density at radius 1 is 1.36 bits per heavy atom. The van der Waals surface area contributed by atoms with Gasteiger partial charge in [0.1, 0.15) is 5.82 Å². The number of hydrogen-bond acceptors (Lipinski definition) is 5. The lowest BCUT2D eigenvalue weighted by atomic mass is 9.76. The van der Waals surface area contributed by atoms with Crippen molar-refractivity contribution in [2.45, 2.75) is 32.1 Å². The van der Waals surface area contributed by atoms with Gasteiger partial charge in [-0.2, -0.15) is 5.26 Å². The van der Waals surface area contributed by atoms with Crippen molar-refractivity contribution in [3.05, 3.63) is 57.5 Å². The monoisotopic (exact) mass is 356 g/mol. The largest absolute Gasteiger partial charge is 0.383 e. The minimum atomic E-state index is -0.546. The number of allylic oxidation sites excluding steroid dienone is 3. The van der Waals surface area contributed by atoms with Gasteiger partial charge in [-0.3, -0.25) is 15.0 Å². The summed E-state index contributed by atoms with van der Waals surface area (Å²) in [5.41, 5.74) is 11.0. The Bertz CT molecular complexity index is 849. The minimum absolute atomic E-state index is 0.0307. The highest BCUT2D eigenvalue weighted by Crippen LogP contribution is 2.44. The molecule has 0 saturated carbocycles. The molecule has 2 aliphatic rings. The first-order valence-corrected chi connectivity index (χ1v) is 8.30. The number of carbonyl (C=O) groups is 2. The van der Waals surface area contributed by atoms with E-state index in [9.17, 15) is 14.9 Å². The summed E-state index contributed by atoms with van der Waals surface area (Å²) in [6.07, 6.45) is 1.69. The molecular weight excluding hydrogens is 340 g/mol. The molecule has 6 nitrogen and oxygen atoms in total. The second-order valence-electron chi connectivity index (χ2n) is 6.04. The zero-order chi connectivity index (χ0) is 18.1. The molecule has 3 rings (SSSR count). The third-order valence-electron chi connectivity index (χ3n) is 4.39. The van der Waals surface area contributed by atoms with Gasteiger partial charge in [-0.25, -0.2) is 5.01 Å². The highest BCUT2D eigenvalue weighted by molar-refractivity contribution is 6.30. The topological polar surface area (TPSA) is 99.2 Å². The molecule has 1 aliphatic carbocycles. The number of benzene rings is 1. The second kappa shape index (κ2) is 6.61. The minimum Gasteiger partial charge on any atom is -0.383 e. The molecule has 3 N–H and O–H groups in total. The van der Waals surface area contributed by atoms with Crippen LogP contribution < -0.4 is 11.2 Å². The molecule has 0 spiro atoms. The van der Waals surface area contributed by atoms with Gasteiger partial charge in [0.05, 0.1) is 17.6 Å². The van der Waals surface area contributed by atoms with E-state index < -0.39 is 5.92 Å². The van der Waals surface area contributed by atoms with Crippen molar-refractivity contribution in [2.24, 2.45) is 5.73 Å². The van der Waals surface area contributed by atoms with Gasteiger partial charge in [0.25, 0.3) is 0 Å². The van der Waals surface area contributed by atoms with Crippen LogP contribution in [0.15, 0.2) is 46.9 Å². The quantitative estimate of drug-likeness (QED) is 0.848. The third-order valence-corrected chi connectivity index (χ3v) is 4.64. The number of hydrazine groups is 1. The number of halogens is 1. The maximum atomic E-state index is 12.7. The Morgan fingerprint density at radius 2 is 2.04 bits per heavy atom. The number of ketones is 1. The number of amides is 1. The predicted octanol–water partition coefficient (Wildman–Crippen LogP) is 2.49. The molecule has 1 unspecified atom stereocenters. The number of Topliss-reactive ketones (excluding diaryl/α,β-unsaturated/α-hetero) is 1. The third kappa shape index (κ3) is 2.99. The molecule has 0 saturated heterocycles. The van der Waals surface area contributed by atoms with E-state index in [4.69, 9.17) is 17.3 Å². The Kier molecular flexibility index (Phi) is 4.51. The maximum absolute atomic E-state index is 12.7. The predicted molar refractivity (Wildman–Crippen MR) is 92.6 cm³/mol. The summed E-state index contributed by atoms with van der Waals surface area (Å²) in [5, 5.41) is 11.6. The molecule has 128 valence electrons. The standard InChI is InChI=1S/C18H17ClN4O2/c1-10(24)22-23-14-3-2-4-15(25)17(14)16(13(9-20)18(23)21)11-5-7-12(19)8-6-11/h5-8,16H,2-4,21H2,1H3,(H,22,24). The SMILES string of the molecule is CC(=O)NN1C(N)=C(C#N)C(c2ccc(Cl)cc2)C2=C1CCCC2=O.